The average Bonchev–Trinajstić information content (AvgIpc) is 3.04. The van der Waals surface area contributed by atoms with Gasteiger partial charge in [-0.25, -0.2) is 0 Å². The number of anilines is 1. The van der Waals surface area contributed by atoms with Crippen LogP contribution in [0.3, 0.4) is 0 Å². The molecule has 1 saturated heterocycles. The maximum absolute atomic E-state index is 13.6. The van der Waals surface area contributed by atoms with Gasteiger partial charge in [0.2, 0.25) is 17.7 Å². The highest BCUT2D eigenvalue weighted by Crippen LogP contribution is 2.25. The molecule has 0 radical (unpaired) electrons. The Hall–Kier alpha value is -3.68. The number of amides is 3. The number of unbranched alkanes of at least 4 members (excludes halogenated alkanes) is 1. The SMILES string of the molecule is CCCc1ccc(CC[C@H](CC(CCCCC(=O)N2CCCCC2)C(=O)O)C(=O)NCC(=O)N(c2ccccc2)C(C)C)cc1. The molecule has 0 spiro atoms. The van der Waals surface area contributed by atoms with Gasteiger partial charge in [-0.05, 0) is 94.9 Å². The fourth-order valence-corrected chi connectivity index (χ4v) is 6.22. The number of piperidine rings is 1. The molecule has 0 aromatic heterocycles. The van der Waals surface area contributed by atoms with Gasteiger partial charge < -0.3 is 20.2 Å². The number of nitrogens with one attached hydrogen (secondary N) is 1. The maximum atomic E-state index is 13.6. The maximum Gasteiger partial charge on any atom is 0.306 e. The second kappa shape index (κ2) is 19.0. The Morgan fingerprint density at radius 3 is 2.09 bits per heavy atom. The summed E-state index contributed by atoms with van der Waals surface area (Å²) in [5.41, 5.74) is 3.13. The van der Waals surface area contributed by atoms with Crippen LogP contribution in [0.4, 0.5) is 5.69 Å². The molecule has 3 amide bonds. The van der Waals surface area contributed by atoms with E-state index in [1.807, 2.05) is 49.1 Å². The number of carboxylic acid groups (broad SMARTS) is 1. The standard InChI is InChI=1S/C37H53N3O5/c1-4-13-29-18-20-30(21-19-29)22-23-31(36(43)38-27-35(42)40(28(2)3)33-15-7-5-8-16-33)26-32(37(44)45)14-9-10-17-34(41)39-24-11-6-12-25-39/h5,7-8,15-16,18-21,28,31-32H,4,6,9-14,17,22-27H2,1-3H3,(H,38,43)(H,44,45)/t31-,32?/m1/s1. The van der Waals surface area contributed by atoms with Gasteiger partial charge in [0, 0.05) is 37.2 Å². The molecule has 45 heavy (non-hydrogen) atoms. The van der Waals surface area contributed by atoms with Crippen LogP contribution in [0.25, 0.3) is 0 Å². The zero-order valence-corrected chi connectivity index (χ0v) is 27.5. The van der Waals surface area contributed by atoms with Crippen molar-refractivity contribution in [1.82, 2.24) is 10.2 Å². The molecule has 2 N–H and O–H groups in total. The minimum atomic E-state index is -0.926. The zero-order chi connectivity index (χ0) is 32.6. The smallest absolute Gasteiger partial charge is 0.306 e. The van der Waals surface area contributed by atoms with Crippen LogP contribution in [0.5, 0.6) is 0 Å². The molecule has 0 saturated carbocycles. The Morgan fingerprint density at radius 2 is 1.49 bits per heavy atom. The van der Waals surface area contributed by atoms with Crippen LogP contribution in [0, 0.1) is 11.8 Å². The van der Waals surface area contributed by atoms with Crippen LogP contribution in [0.2, 0.25) is 0 Å². The lowest BCUT2D eigenvalue weighted by Gasteiger charge is -2.28. The van der Waals surface area contributed by atoms with Crippen LogP contribution in [-0.4, -0.2) is 59.4 Å². The van der Waals surface area contributed by atoms with E-state index in [1.54, 1.807) is 4.90 Å². The Labute approximate surface area is 269 Å². The molecule has 1 unspecified atom stereocenters. The van der Waals surface area contributed by atoms with Gasteiger partial charge >= 0.3 is 5.97 Å². The number of para-hydroxylation sites is 1. The highest BCUT2D eigenvalue weighted by atomic mass is 16.4. The third-order valence-corrected chi connectivity index (χ3v) is 8.77. The van der Waals surface area contributed by atoms with Crippen LogP contribution < -0.4 is 10.2 Å². The highest BCUT2D eigenvalue weighted by molar-refractivity contribution is 5.97. The molecule has 8 nitrogen and oxygen atoms in total. The lowest BCUT2D eigenvalue weighted by atomic mass is 9.86. The van der Waals surface area contributed by atoms with Gasteiger partial charge in [-0.15, -0.1) is 0 Å². The molecule has 2 aromatic carbocycles. The Kier molecular flexibility index (Phi) is 15.1. The minimum Gasteiger partial charge on any atom is -0.481 e. The molecule has 0 aliphatic carbocycles. The van der Waals surface area contributed by atoms with E-state index < -0.39 is 17.8 Å². The first-order chi connectivity index (χ1) is 21.7. The lowest BCUT2D eigenvalue weighted by Crippen LogP contribution is -2.45. The number of hydrogen-bond acceptors (Lipinski definition) is 4. The summed E-state index contributed by atoms with van der Waals surface area (Å²) in [6, 6.07) is 17.7. The van der Waals surface area contributed by atoms with Crippen molar-refractivity contribution < 1.29 is 24.3 Å². The van der Waals surface area contributed by atoms with E-state index in [1.165, 1.54) is 12.0 Å². The van der Waals surface area contributed by atoms with Crippen LogP contribution >= 0.6 is 0 Å². The van der Waals surface area contributed by atoms with E-state index in [4.69, 9.17) is 0 Å². The van der Waals surface area contributed by atoms with Crippen molar-refractivity contribution in [2.24, 2.45) is 11.8 Å². The molecule has 1 aliphatic heterocycles. The first-order valence-corrected chi connectivity index (χ1v) is 16.9. The molecule has 1 aliphatic rings. The number of rotatable bonds is 18. The number of likely N-dealkylation sites (tertiary alicyclic amines) is 1. The molecule has 3 rings (SSSR count). The van der Waals surface area contributed by atoms with Gasteiger partial charge in [-0.3, -0.25) is 19.2 Å². The second-order valence-corrected chi connectivity index (χ2v) is 12.7. The van der Waals surface area contributed by atoms with E-state index in [0.29, 0.717) is 38.5 Å². The van der Waals surface area contributed by atoms with E-state index in [-0.39, 0.29) is 36.7 Å². The summed E-state index contributed by atoms with van der Waals surface area (Å²) in [6.45, 7) is 7.48. The Morgan fingerprint density at radius 1 is 0.844 bits per heavy atom. The van der Waals surface area contributed by atoms with Gasteiger partial charge in [0.1, 0.15) is 0 Å². The normalized spacial score (nSPS) is 14.5. The number of nitrogens with zero attached hydrogens (tertiary/aromatic N) is 2. The zero-order valence-electron chi connectivity index (χ0n) is 27.5. The average molecular weight is 620 g/mol. The molecule has 0 bridgehead atoms. The number of carboxylic acids is 1. The Bertz CT molecular complexity index is 1210. The number of carbonyl (C=O) groups is 4. The summed E-state index contributed by atoms with van der Waals surface area (Å²) >= 11 is 0. The van der Waals surface area contributed by atoms with E-state index in [0.717, 1.165) is 50.0 Å². The molecule has 8 heteroatoms. The molecule has 1 fully saturated rings. The summed E-state index contributed by atoms with van der Waals surface area (Å²) in [5, 5.41) is 12.9. The third kappa shape index (κ3) is 12.0. The van der Waals surface area contributed by atoms with Crippen LogP contribution in [0.15, 0.2) is 54.6 Å². The number of aryl methyl sites for hydroxylation is 2. The number of carbonyl (C=O) groups excluding carboxylic acids is 3. The number of benzene rings is 2. The number of hydrogen-bond donors (Lipinski definition) is 2. The lowest BCUT2D eigenvalue weighted by molar-refractivity contribution is -0.143. The largest absolute Gasteiger partial charge is 0.481 e. The van der Waals surface area contributed by atoms with Gasteiger partial charge in [0.15, 0.2) is 0 Å². The number of aliphatic carboxylic acids is 1. The quantitative estimate of drug-likeness (QED) is 0.188. The summed E-state index contributed by atoms with van der Waals surface area (Å²) in [5.74, 6) is -2.56. The topological polar surface area (TPSA) is 107 Å². The molecule has 246 valence electrons. The predicted molar refractivity (Wildman–Crippen MR) is 179 cm³/mol. The summed E-state index contributed by atoms with van der Waals surface area (Å²) < 4.78 is 0. The first-order valence-electron chi connectivity index (χ1n) is 16.9. The van der Waals surface area contributed by atoms with E-state index in [2.05, 4.69) is 36.5 Å². The van der Waals surface area contributed by atoms with Gasteiger partial charge in [0.25, 0.3) is 0 Å². The molecule has 2 aromatic rings. The van der Waals surface area contributed by atoms with Crippen molar-refractivity contribution in [2.45, 2.75) is 104 Å². The monoisotopic (exact) mass is 619 g/mol. The third-order valence-electron chi connectivity index (χ3n) is 8.77. The molecular formula is C37H53N3O5. The van der Waals surface area contributed by atoms with Crippen molar-refractivity contribution in [1.29, 1.82) is 0 Å². The summed E-state index contributed by atoms with van der Waals surface area (Å²) in [6.07, 6.45) is 8.75. The fourth-order valence-electron chi connectivity index (χ4n) is 6.22. The van der Waals surface area contributed by atoms with Gasteiger partial charge in [0.05, 0.1) is 12.5 Å². The van der Waals surface area contributed by atoms with Gasteiger partial charge in [-0.1, -0.05) is 62.2 Å². The minimum absolute atomic E-state index is 0.0959. The fraction of sp³-hybridized carbons (Fsp3) is 0.568. The van der Waals surface area contributed by atoms with Crippen molar-refractivity contribution in [2.75, 3.05) is 24.5 Å². The molecular weight excluding hydrogens is 566 g/mol. The van der Waals surface area contributed by atoms with Gasteiger partial charge in [-0.2, -0.15) is 0 Å². The second-order valence-electron chi connectivity index (χ2n) is 12.7. The van der Waals surface area contributed by atoms with Crippen LogP contribution in [-0.2, 0) is 32.0 Å². The predicted octanol–water partition coefficient (Wildman–Crippen LogP) is 6.41. The molecule has 1 heterocycles. The van der Waals surface area contributed by atoms with Crippen molar-refractivity contribution in [3.05, 3.63) is 65.7 Å². The highest BCUT2D eigenvalue weighted by Gasteiger charge is 2.28. The van der Waals surface area contributed by atoms with Crippen molar-refractivity contribution in [3.63, 3.8) is 0 Å². The Balaban J connectivity index is 1.63. The first kappa shape index (κ1) is 35.8. The summed E-state index contributed by atoms with van der Waals surface area (Å²) in [4.78, 5) is 55.3. The van der Waals surface area contributed by atoms with E-state index in [9.17, 15) is 24.3 Å². The van der Waals surface area contributed by atoms with Crippen molar-refractivity contribution in [3.8, 4) is 0 Å². The molecule has 2 atom stereocenters. The summed E-state index contributed by atoms with van der Waals surface area (Å²) in [7, 11) is 0. The van der Waals surface area contributed by atoms with Crippen molar-refractivity contribution >= 4 is 29.4 Å². The van der Waals surface area contributed by atoms with E-state index >= 15 is 0 Å². The van der Waals surface area contributed by atoms with Crippen LogP contribution in [0.1, 0.15) is 96.1 Å².